The molecule has 20 heavy (non-hydrogen) atoms. The third-order valence-electron chi connectivity index (χ3n) is 4.39. The van der Waals surface area contributed by atoms with Gasteiger partial charge in [0, 0.05) is 12.6 Å². The van der Waals surface area contributed by atoms with E-state index in [4.69, 9.17) is 0 Å². The van der Waals surface area contributed by atoms with E-state index in [1.165, 1.54) is 24.0 Å². The van der Waals surface area contributed by atoms with Crippen molar-refractivity contribution in [3.63, 3.8) is 0 Å². The van der Waals surface area contributed by atoms with E-state index in [9.17, 15) is 0 Å². The minimum atomic E-state index is 0.562. The van der Waals surface area contributed by atoms with Gasteiger partial charge in [0.25, 0.3) is 0 Å². The summed E-state index contributed by atoms with van der Waals surface area (Å²) in [5.74, 6) is 0.644. The molecule has 0 spiro atoms. The molecule has 0 aromatic heterocycles. The molecule has 3 rings (SSSR count). The van der Waals surface area contributed by atoms with E-state index in [1.54, 1.807) is 5.56 Å². The summed E-state index contributed by atoms with van der Waals surface area (Å²) in [6.45, 7) is 3.30. The zero-order valence-corrected chi connectivity index (χ0v) is 12.2. The molecule has 0 saturated carbocycles. The molecule has 0 amide bonds. The van der Waals surface area contributed by atoms with Crippen LogP contribution in [0.25, 0.3) is 0 Å². The van der Waals surface area contributed by atoms with Crippen LogP contribution in [0.1, 0.15) is 42.4 Å². The van der Waals surface area contributed by atoms with Crippen LogP contribution in [0.15, 0.2) is 54.6 Å². The van der Waals surface area contributed by atoms with Crippen LogP contribution < -0.4 is 5.32 Å². The van der Waals surface area contributed by atoms with E-state index in [0.29, 0.717) is 12.0 Å². The number of hydrogen-bond donors (Lipinski definition) is 1. The summed E-state index contributed by atoms with van der Waals surface area (Å²) in [7, 11) is 0. The second-order valence-corrected chi connectivity index (χ2v) is 5.77. The van der Waals surface area contributed by atoms with Gasteiger partial charge in [-0.25, -0.2) is 0 Å². The molecule has 104 valence electrons. The first-order chi connectivity index (χ1) is 9.88. The normalized spacial score (nSPS) is 21.4. The van der Waals surface area contributed by atoms with Gasteiger partial charge in [0.15, 0.2) is 0 Å². The fourth-order valence-electron chi connectivity index (χ4n) is 3.41. The molecule has 0 bridgehead atoms. The van der Waals surface area contributed by atoms with E-state index >= 15 is 0 Å². The Morgan fingerprint density at radius 3 is 2.55 bits per heavy atom. The minimum absolute atomic E-state index is 0.562. The Kier molecular flexibility index (Phi) is 4.17. The second-order valence-electron chi connectivity index (χ2n) is 5.77. The van der Waals surface area contributed by atoms with Crippen molar-refractivity contribution < 1.29 is 0 Å². The molecule has 0 saturated heterocycles. The lowest BCUT2D eigenvalue weighted by molar-refractivity contribution is 0.380. The van der Waals surface area contributed by atoms with Crippen LogP contribution in [-0.2, 0) is 13.0 Å². The van der Waals surface area contributed by atoms with Crippen LogP contribution in [0, 0.1) is 0 Å². The average molecular weight is 265 g/mol. The predicted molar refractivity (Wildman–Crippen MR) is 84.9 cm³/mol. The van der Waals surface area contributed by atoms with Crippen molar-refractivity contribution in [3.05, 3.63) is 71.3 Å². The largest absolute Gasteiger partial charge is 0.309 e. The summed E-state index contributed by atoms with van der Waals surface area (Å²) < 4.78 is 0. The summed E-state index contributed by atoms with van der Waals surface area (Å²) >= 11 is 0. The van der Waals surface area contributed by atoms with Crippen molar-refractivity contribution in [2.24, 2.45) is 0 Å². The quantitative estimate of drug-likeness (QED) is 0.870. The standard InChI is InChI=1S/C19H23N/c1-2-8-18-17-12-7-6-11-16(17)14-20-19(18)13-15-9-4-3-5-10-15/h3-7,9-12,18-20H,2,8,13-14H2,1H3. The molecular formula is C19H23N. The fourth-order valence-corrected chi connectivity index (χ4v) is 3.41. The number of nitrogens with one attached hydrogen (secondary N) is 1. The summed E-state index contributed by atoms with van der Waals surface area (Å²) in [5, 5.41) is 3.76. The maximum absolute atomic E-state index is 3.76. The van der Waals surface area contributed by atoms with E-state index in [0.717, 1.165) is 13.0 Å². The van der Waals surface area contributed by atoms with Gasteiger partial charge in [0.05, 0.1) is 0 Å². The number of benzene rings is 2. The van der Waals surface area contributed by atoms with E-state index in [1.807, 2.05) is 0 Å². The number of rotatable bonds is 4. The third-order valence-corrected chi connectivity index (χ3v) is 4.39. The maximum atomic E-state index is 3.76. The molecule has 0 fully saturated rings. The summed E-state index contributed by atoms with van der Waals surface area (Å²) in [6, 6.07) is 20.4. The van der Waals surface area contributed by atoms with E-state index < -0.39 is 0 Å². The van der Waals surface area contributed by atoms with Crippen molar-refractivity contribution >= 4 is 0 Å². The number of fused-ring (bicyclic) bond motifs is 1. The van der Waals surface area contributed by atoms with Gasteiger partial charge in [-0.05, 0) is 35.4 Å². The molecule has 1 aliphatic heterocycles. The van der Waals surface area contributed by atoms with Gasteiger partial charge in [-0.3, -0.25) is 0 Å². The Labute approximate surface area is 122 Å². The molecule has 0 radical (unpaired) electrons. The van der Waals surface area contributed by atoms with Crippen LogP contribution in [0.4, 0.5) is 0 Å². The van der Waals surface area contributed by atoms with Crippen molar-refractivity contribution in [3.8, 4) is 0 Å². The fraction of sp³-hybridized carbons (Fsp3) is 0.368. The van der Waals surface area contributed by atoms with Crippen LogP contribution in [-0.4, -0.2) is 6.04 Å². The van der Waals surface area contributed by atoms with Crippen LogP contribution >= 0.6 is 0 Å². The minimum Gasteiger partial charge on any atom is -0.309 e. The van der Waals surface area contributed by atoms with E-state index in [-0.39, 0.29) is 0 Å². The highest BCUT2D eigenvalue weighted by atomic mass is 14.9. The molecule has 2 aromatic carbocycles. The predicted octanol–water partition coefficient (Wildman–Crippen LogP) is 4.28. The molecule has 1 heteroatoms. The molecule has 1 nitrogen and oxygen atoms in total. The SMILES string of the molecule is CCCC1c2ccccc2CNC1Cc1ccccc1. The van der Waals surface area contributed by atoms with Crippen LogP contribution in [0.2, 0.25) is 0 Å². The Hall–Kier alpha value is -1.60. The Bertz CT molecular complexity index is 547. The molecule has 2 aromatic rings. The first-order valence-electron chi connectivity index (χ1n) is 7.73. The first kappa shape index (κ1) is 13.4. The second kappa shape index (κ2) is 6.23. The zero-order valence-electron chi connectivity index (χ0n) is 12.2. The van der Waals surface area contributed by atoms with Gasteiger partial charge in [-0.1, -0.05) is 67.9 Å². The van der Waals surface area contributed by atoms with Gasteiger partial charge >= 0.3 is 0 Å². The van der Waals surface area contributed by atoms with Gasteiger partial charge in [0.2, 0.25) is 0 Å². The molecule has 1 aliphatic rings. The Balaban J connectivity index is 1.84. The maximum Gasteiger partial charge on any atom is 0.0211 e. The molecule has 2 atom stereocenters. The molecule has 0 aliphatic carbocycles. The van der Waals surface area contributed by atoms with Gasteiger partial charge in [-0.2, -0.15) is 0 Å². The highest BCUT2D eigenvalue weighted by Gasteiger charge is 2.28. The summed E-state index contributed by atoms with van der Waals surface area (Å²) in [6.07, 6.45) is 3.63. The number of hydrogen-bond acceptors (Lipinski definition) is 1. The first-order valence-corrected chi connectivity index (χ1v) is 7.73. The topological polar surface area (TPSA) is 12.0 Å². The summed E-state index contributed by atoms with van der Waals surface area (Å²) in [4.78, 5) is 0. The van der Waals surface area contributed by atoms with E-state index in [2.05, 4.69) is 66.8 Å². The van der Waals surface area contributed by atoms with Crippen LogP contribution in [0.5, 0.6) is 0 Å². The highest BCUT2D eigenvalue weighted by Crippen LogP contribution is 2.33. The van der Waals surface area contributed by atoms with Gasteiger partial charge in [0.1, 0.15) is 0 Å². The van der Waals surface area contributed by atoms with Gasteiger partial charge < -0.3 is 5.32 Å². The average Bonchev–Trinajstić information content (AvgIpc) is 2.51. The molecule has 1 N–H and O–H groups in total. The lowest BCUT2D eigenvalue weighted by Crippen LogP contribution is -2.40. The monoisotopic (exact) mass is 265 g/mol. The van der Waals surface area contributed by atoms with Crippen molar-refractivity contribution in [1.82, 2.24) is 5.32 Å². The van der Waals surface area contributed by atoms with Crippen LogP contribution in [0.3, 0.4) is 0 Å². The molecule has 2 unspecified atom stereocenters. The third kappa shape index (κ3) is 2.78. The molecular weight excluding hydrogens is 242 g/mol. The Morgan fingerprint density at radius 2 is 1.75 bits per heavy atom. The summed E-state index contributed by atoms with van der Waals surface area (Å²) in [5.41, 5.74) is 4.48. The smallest absolute Gasteiger partial charge is 0.0211 e. The van der Waals surface area contributed by atoms with Crippen molar-refractivity contribution in [2.45, 2.75) is 44.7 Å². The van der Waals surface area contributed by atoms with Crippen molar-refractivity contribution in [1.29, 1.82) is 0 Å². The van der Waals surface area contributed by atoms with Gasteiger partial charge in [-0.15, -0.1) is 0 Å². The highest BCUT2D eigenvalue weighted by molar-refractivity contribution is 5.34. The lowest BCUT2D eigenvalue weighted by Gasteiger charge is -2.35. The zero-order chi connectivity index (χ0) is 13.8. The lowest BCUT2D eigenvalue weighted by atomic mass is 9.79. The molecule has 1 heterocycles. The van der Waals surface area contributed by atoms with Crippen molar-refractivity contribution in [2.75, 3.05) is 0 Å². The Morgan fingerprint density at radius 1 is 1.00 bits per heavy atom.